The topological polar surface area (TPSA) is 93.7 Å². The summed E-state index contributed by atoms with van der Waals surface area (Å²) >= 11 is 12.7. The fourth-order valence-corrected chi connectivity index (χ4v) is 6.10. The van der Waals surface area contributed by atoms with E-state index in [-0.39, 0.29) is 30.9 Å². The quantitative estimate of drug-likeness (QED) is 0.319. The average molecular weight is 603 g/mol. The molecule has 4 atom stereocenters. The highest BCUT2D eigenvalue weighted by Crippen LogP contribution is 2.59. The van der Waals surface area contributed by atoms with Crippen LogP contribution in [-0.4, -0.2) is 31.0 Å². The van der Waals surface area contributed by atoms with Crippen molar-refractivity contribution in [3.05, 3.63) is 93.0 Å². The number of fused-ring (bicyclic) bond motifs is 2. The number of rotatable bonds is 7. The summed E-state index contributed by atoms with van der Waals surface area (Å²) in [5.74, 6) is -4.29. The molecule has 0 aliphatic carbocycles. The Balaban J connectivity index is 1.71. The number of anilines is 1. The molecule has 2 aliphatic heterocycles. The summed E-state index contributed by atoms with van der Waals surface area (Å²) in [4.78, 5) is 39.6. The number of esters is 1. The standard InChI is InChI=1S/C30H26Cl2F2N2O5/c1-3-40-28(38)15(2)14-41-25-9-5-16(31)10-19(25)22-13-26(37)36-27(20-12-18(33)6-8-23(20)34)30(22)21-7-4-17(32)11-24(21)35-29(30)39/h4-12,15,22,27H,3,13-14H2,1-2H3,(H,35,39)(H,36,37)/t15?,22-,27+,30-/m1/s1. The maximum atomic E-state index is 15.3. The summed E-state index contributed by atoms with van der Waals surface area (Å²) in [6.07, 6.45) is -0.201. The zero-order chi connectivity index (χ0) is 29.5. The van der Waals surface area contributed by atoms with Gasteiger partial charge in [0.1, 0.15) is 29.4 Å². The molecular weight excluding hydrogens is 577 g/mol. The number of ether oxygens (including phenoxy) is 2. The smallest absolute Gasteiger partial charge is 0.312 e. The molecule has 1 spiro atoms. The zero-order valence-corrected chi connectivity index (χ0v) is 23.6. The summed E-state index contributed by atoms with van der Waals surface area (Å²) in [7, 11) is 0. The molecule has 2 heterocycles. The number of hydrogen-bond donors (Lipinski definition) is 2. The number of carbonyl (C=O) groups is 3. The van der Waals surface area contributed by atoms with E-state index in [1.165, 1.54) is 0 Å². The number of hydrogen-bond acceptors (Lipinski definition) is 5. The van der Waals surface area contributed by atoms with Crippen LogP contribution in [0.5, 0.6) is 5.75 Å². The van der Waals surface area contributed by atoms with Crippen molar-refractivity contribution in [3.63, 3.8) is 0 Å². The predicted octanol–water partition coefficient (Wildman–Crippen LogP) is 6.08. The number of nitrogens with one attached hydrogen (secondary N) is 2. The number of amides is 2. The van der Waals surface area contributed by atoms with Crippen LogP contribution in [0.2, 0.25) is 10.0 Å². The van der Waals surface area contributed by atoms with Crippen molar-refractivity contribution >= 4 is 46.7 Å². The average Bonchev–Trinajstić information content (AvgIpc) is 3.21. The Morgan fingerprint density at radius 3 is 2.54 bits per heavy atom. The SMILES string of the molecule is CCOC(=O)C(C)COc1ccc(Cl)cc1[C@H]1CC(=O)N[C@@H](c2cc(F)ccc2F)[C@]12C(=O)Nc1cc(Cl)ccc12. The van der Waals surface area contributed by atoms with Gasteiger partial charge in [-0.1, -0.05) is 29.3 Å². The number of halogens is 4. The van der Waals surface area contributed by atoms with E-state index in [2.05, 4.69) is 10.6 Å². The molecule has 41 heavy (non-hydrogen) atoms. The Hall–Kier alpha value is -3.69. The van der Waals surface area contributed by atoms with Gasteiger partial charge in [0.25, 0.3) is 0 Å². The van der Waals surface area contributed by atoms with Gasteiger partial charge in [0.05, 0.1) is 18.6 Å². The molecule has 1 saturated heterocycles. The lowest BCUT2D eigenvalue weighted by Crippen LogP contribution is -2.57. The largest absolute Gasteiger partial charge is 0.492 e. The first-order chi connectivity index (χ1) is 19.6. The van der Waals surface area contributed by atoms with Crippen molar-refractivity contribution in [1.82, 2.24) is 5.32 Å². The molecule has 2 amide bonds. The molecule has 2 aliphatic rings. The molecule has 11 heteroatoms. The van der Waals surface area contributed by atoms with E-state index < -0.39 is 52.7 Å². The summed E-state index contributed by atoms with van der Waals surface area (Å²) in [6.45, 7) is 3.51. The number of benzene rings is 3. The van der Waals surface area contributed by atoms with E-state index in [0.717, 1.165) is 18.2 Å². The number of piperidine rings is 1. The van der Waals surface area contributed by atoms with E-state index in [9.17, 15) is 18.8 Å². The van der Waals surface area contributed by atoms with Crippen molar-refractivity contribution in [2.24, 2.45) is 5.92 Å². The lowest BCUT2D eigenvalue weighted by atomic mass is 9.59. The van der Waals surface area contributed by atoms with Crippen molar-refractivity contribution in [1.29, 1.82) is 0 Å². The number of carbonyl (C=O) groups excluding carboxylic acids is 3. The van der Waals surface area contributed by atoms with Crippen molar-refractivity contribution in [2.75, 3.05) is 18.5 Å². The highest BCUT2D eigenvalue weighted by molar-refractivity contribution is 6.31. The highest BCUT2D eigenvalue weighted by Gasteiger charge is 2.62. The minimum atomic E-state index is -1.65. The van der Waals surface area contributed by atoms with E-state index in [1.54, 1.807) is 50.2 Å². The van der Waals surface area contributed by atoms with E-state index >= 15 is 4.39 Å². The molecule has 3 aromatic carbocycles. The van der Waals surface area contributed by atoms with Crippen LogP contribution in [0.25, 0.3) is 0 Å². The van der Waals surface area contributed by atoms with Crippen LogP contribution >= 0.6 is 23.2 Å². The minimum Gasteiger partial charge on any atom is -0.492 e. The third kappa shape index (κ3) is 5.13. The molecular formula is C30H26Cl2F2N2O5. The van der Waals surface area contributed by atoms with Gasteiger partial charge in [-0.05, 0) is 67.9 Å². The minimum absolute atomic E-state index is 0.0558. The fourth-order valence-electron chi connectivity index (χ4n) is 5.75. The van der Waals surface area contributed by atoms with Crippen molar-refractivity contribution < 1.29 is 32.6 Å². The monoisotopic (exact) mass is 602 g/mol. The fraction of sp³-hybridized carbons (Fsp3) is 0.300. The molecule has 0 radical (unpaired) electrons. The molecule has 0 saturated carbocycles. The molecule has 5 rings (SSSR count). The van der Waals surface area contributed by atoms with Gasteiger partial charge in [-0.3, -0.25) is 14.4 Å². The Kier molecular flexibility index (Phi) is 7.94. The summed E-state index contributed by atoms with van der Waals surface area (Å²) in [6, 6.07) is 11.1. The van der Waals surface area contributed by atoms with Gasteiger partial charge in [-0.2, -0.15) is 0 Å². The van der Waals surface area contributed by atoms with Crippen LogP contribution in [0.1, 0.15) is 48.9 Å². The van der Waals surface area contributed by atoms with Gasteiger partial charge in [0.15, 0.2) is 0 Å². The molecule has 3 aromatic rings. The second-order valence-electron chi connectivity index (χ2n) is 10.1. The van der Waals surface area contributed by atoms with Crippen LogP contribution in [0.3, 0.4) is 0 Å². The van der Waals surface area contributed by atoms with Crippen molar-refractivity contribution in [3.8, 4) is 5.75 Å². The van der Waals surface area contributed by atoms with Gasteiger partial charge >= 0.3 is 5.97 Å². The third-order valence-corrected chi connectivity index (χ3v) is 8.02. The molecule has 1 unspecified atom stereocenters. The van der Waals surface area contributed by atoms with E-state index in [1.807, 2.05) is 0 Å². The lowest BCUT2D eigenvalue weighted by molar-refractivity contribution is -0.148. The van der Waals surface area contributed by atoms with Crippen LogP contribution in [0.4, 0.5) is 14.5 Å². The Morgan fingerprint density at radius 2 is 1.78 bits per heavy atom. The first kappa shape index (κ1) is 28.8. The first-order valence-corrected chi connectivity index (χ1v) is 13.8. The maximum Gasteiger partial charge on any atom is 0.312 e. The molecule has 7 nitrogen and oxygen atoms in total. The first-order valence-electron chi connectivity index (χ1n) is 13.0. The van der Waals surface area contributed by atoms with Gasteiger partial charge in [-0.15, -0.1) is 0 Å². The zero-order valence-electron chi connectivity index (χ0n) is 22.1. The third-order valence-electron chi connectivity index (χ3n) is 7.55. The molecule has 0 aromatic heterocycles. The second-order valence-corrected chi connectivity index (χ2v) is 11.0. The normalized spacial score (nSPS) is 22.1. The van der Waals surface area contributed by atoms with Crippen LogP contribution in [0.15, 0.2) is 54.6 Å². The van der Waals surface area contributed by atoms with Crippen LogP contribution in [0, 0.1) is 17.6 Å². The van der Waals surface area contributed by atoms with Crippen molar-refractivity contribution in [2.45, 2.75) is 37.6 Å². The van der Waals surface area contributed by atoms with Crippen LogP contribution < -0.4 is 15.4 Å². The second kappa shape index (κ2) is 11.3. The molecule has 0 bridgehead atoms. The van der Waals surface area contributed by atoms with Gasteiger partial charge < -0.3 is 20.1 Å². The van der Waals surface area contributed by atoms with E-state index in [0.29, 0.717) is 26.9 Å². The predicted molar refractivity (Wildman–Crippen MR) is 149 cm³/mol. The summed E-state index contributed by atoms with van der Waals surface area (Å²) in [5.41, 5.74) is -0.634. The van der Waals surface area contributed by atoms with Gasteiger partial charge in [0.2, 0.25) is 11.8 Å². The Labute approximate surface area is 245 Å². The molecule has 1 fully saturated rings. The maximum absolute atomic E-state index is 15.3. The Bertz CT molecular complexity index is 1550. The van der Waals surface area contributed by atoms with Gasteiger partial charge in [-0.25, -0.2) is 8.78 Å². The lowest BCUT2D eigenvalue weighted by Gasteiger charge is -2.46. The van der Waals surface area contributed by atoms with Gasteiger partial charge in [0, 0.05) is 39.2 Å². The van der Waals surface area contributed by atoms with Crippen LogP contribution in [-0.2, 0) is 24.5 Å². The molecule has 214 valence electrons. The highest BCUT2D eigenvalue weighted by atomic mass is 35.5. The van der Waals surface area contributed by atoms with E-state index in [4.69, 9.17) is 32.7 Å². The molecule has 2 N–H and O–H groups in total. The summed E-state index contributed by atoms with van der Waals surface area (Å²) < 4.78 is 41.0. The summed E-state index contributed by atoms with van der Waals surface area (Å²) in [5, 5.41) is 6.25. The Morgan fingerprint density at radius 1 is 1.05 bits per heavy atom.